The highest BCUT2D eigenvalue weighted by molar-refractivity contribution is 5.94. The third-order valence-corrected chi connectivity index (χ3v) is 3.46. The van der Waals surface area contributed by atoms with E-state index in [1.165, 1.54) is 0 Å². The average molecular weight is 335 g/mol. The smallest absolute Gasteiger partial charge is 0.253 e. The van der Waals surface area contributed by atoms with E-state index in [4.69, 9.17) is 10.5 Å². The summed E-state index contributed by atoms with van der Waals surface area (Å²) < 4.78 is 5.60. The molecule has 0 fully saturated rings. The number of carbonyl (C=O) groups excluding carboxylic acids is 1. The van der Waals surface area contributed by atoms with Crippen LogP contribution < -0.4 is 10.5 Å². The Hall–Kier alpha value is -2.04. The van der Waals surface area contributed by atoms with E-state index < -0.39 is 0 Å². The molecule has 0 spiro atoms. The lowest BCUT2D eigenvalue weighted by atomic mass is 10.1. The zero-order valence-electron chi connectivity index (χ0n) is 13.5. The summed E-state index contributed by atoms with van der Waals surface area (Å²) in [5, 5.41) is 0. The second-order valence-corrected chi connectivity index (χ2v) is 5.10. The average Bonchev–Trinajstić information content (AvgIpc) is 2.56. The lowest BCUT2D eigenvalue weighted by molar-refractivity contribution is 0.0784. The zero-order valence-corrected chi connectivity index (χ0v) is 14.3. The minimum Gasteiger partial charge on any atom is -0.494 e. The van der Waals surface area contributed by atoms with Crippen LogP contribution in [0.25, 0.3) is 0 Å². The molecule has 2 aromatic rings. The van der Waals surface area contributed by atoms with Gasteiger partial charge in [0.2, 0.25) is 0 Å². The van der Waals surface area contributed by atoms with Crippen molar-refractivity contribution < 1.29 is 9.53 Å². The Morgan fingerprint density at radius 3 is 2.39 bits per heavy atom. The molecule has 0 aromatic heterocycles. The molecule has 0 aliphatic carbocycles. The van der Waals surface area contributed by atoms with E-state index in [1.807, 2.05) is 55.5 Å². The SMILES string of the molecule is CCOc1ccccc1CN(C)C(=O)c1ccc(CN)cc1.Cl. The summed E-state index contributed by atoms with van der Waals surface area (Å²) in [6.45, 7) is 3.54. The predicted octanol–water partition coefficient (Wildman–Crippen LogP) is 3.24. The second-order valence-electron chi connectivity index (χ2n) is 5.10. The zero-order chi connectivity index (χ0) is 15.9. The van der Waals surface area contributed by atoms with Crippen LogP contribution in [0.4, 0.5) is 0 Å². The normalized spacial score (nSPS) is 9.87. The number of halogens is 1. The molecular weight excluding hydrogens is 312 g/mol. The number of nitrogens with zero attached hydrogens (tertiary/aromatic N) is 1. The molecule has 0 radical (unpaired) electrons. The minimum atomic E-state index is -0.0186. The first-order valence-corrected chi connectivity index (χ1v) is 7.41. The van der Waals surface area contributed by atoms with E-state index in [1.54, 1.807) is 11.9 Å². The number of para-hydroxylation sites is 1. The van der Waals surface area contributed by atoms with Crippen LogP contribution in [0.2, 0.25) is 0 Å². The maximum atomic E-state index is 12.5. The molecule has 0 saturated heterocycles. The first kappa shape index (κ1) is 19.0. The van der Waals surface area contributed by atoms with Crippen molar-refractivity contribution in [3.63, 3.8) is 0 Å². The van der Waals surface area contributed by atoms with Crippen LogP contribution in [0.5, 0.6) is 5.75 Å². The largest absolute Gasteiger partial charge is 0.494 e. The molecule has 2 N–H and O–H groups in total. The Bertz CT molecular complexity index is 629. The highest BCUT2D eigenvalue weighted by atomic mass is 35.5. The minimum absolute atomic E-state index is 0. The number of benzene rings is 2. The van der Waals surface area contributed by atoms with Crippen LogP contribution in [0.1, 0.15) is 28.4 Å². The van der Waals surface area contributed by atoms with E-state index in [-0.39, 0.29) is 18.3 Å². The number of amides is 1. The van der Waals surface area contributed by atoms with Crippen molar-refractivity contribution in [3.8, 4) is 5.75 Å². The van der Waals surface area contributed by atoms with Crippen molar-refractivity contribution in [2.45, 2.75) is 20.0 Å². The Morgan fingerprint density at radius 2 is 1.78 bits per heavy atom. The Balaban J connectivity index is 0.00000264. The van der Waals surface area contributed by atoms with Gasteiger partial charge in [0.15, 0.2) is 0 Å². The molecule has 4 nitrogen and oxygen atoms in total. The number of nitrogens with two attached hydrogens (primary N) is 1. The van der Waals surface area contributed by atoms with E-state index >= 15 is 0 Å². The van der Waals surface area contributed by atoms with Gasteiger partial charge in [0.1, 0.15) is 5.75 Å². The van der Waals surface area contributed by atoms with Gasteiger partial charge in [0, 0.05) is 31.3 Å². The van der Waals surface area contributed by atoms with Crippen molar-refractivity contribution in [2.75, 3.05) is 13.7 Å². The van der Waals surface area contributed by atoms with Crippen LogP contribution in [0.15, 0.2) is 48.5 Å². The fraction of sp³-hybridized carbons (Fsp3) is 0.278. The summed E-state index contributed by atoms with van der Waals surface area (Å²) in [7, 11) is 1.79. The molecule has 1 amide bonds. The van der Waals surface area contributed by atoms with E-state index in [0.717, 1.165) is 16.9 Å². The third kappa shape index (κ3) is 4.98. The van der Waals surface area contributed by atoms with Crippen molar-refractivity contribution in [1.29, 1.82) is 0 Å². The van der Waals surface area contributed by atoms with Gasteiger partial charge >= 0.3 is 0 Å². The molecule has 0 heterocycles. The molecule has 0 unspecified atom stereocenters. The quantitative estimate of drug-likeness (QED) is 0.882. The molecule has 2 aromatic carbocycles. The van der Waals surface area contributed by atoms with Gasteiger partial charge in [-0.1, -0.05) is 30.3 Å². The van der Waals surface area contributed by atoms with Gasteiger partial charge in [0.05, 0.1) is 6.61 Å². The molecule has 2 rings (SSSR count). The lowest BCUT2D eigenvalue weighted by Gasteiger charge is -2.19. The molecule has 0 aliphatic rings. The topological polar surface area (TPSA) is 55.6 Å². The number of hydrogen-bond acceptors (Lipinski definition) is 3. The van der Waals surface area contributed by atoms with Crippen LogP contribution in [-0.4, -0.2) is 24.5 Å². The predicted molar refractivity (Wildman–Crippen MR) is 95.0 cm³/mol. The van der Waals surface area contributed by atoms with Crippen LogP contribution in [-0.2, 0) is 13.1 Å². The molecule has 0 atom stereocenters. The van der Waals surface area contributed by atoms with E-state index in [9.17, 15) is 4.79 Å². The van der Waals surface area contributed by atoms with Crippen molar-refractivity contribution in [2.24, 2.45) is 5.73 Å². The maximum Gasteiger partial charge on any atom is 0.253 e. The van der Waals surface area contributed by atoms with Crippen molar-refractivity contribution in [3.05, 3.63) is 65.2 Å². The van der Waals surface area contributed by atoms with Crippen molar-refractivity contribution in [1.82, 2.24) is 4.90 Å². The molecule has 0 aliphatic heterocycles. The second kappa shape index (κ2) is 9.18. The van der Waals surface area contributed by atoms with Crippen LogP contribution in [0.3, 0.4) is 0 Å². The molecule has 23 heavy (non-hydrogen) atoms. The maximum absolute atomic E-state index is 12.5. The van der Waals surface area contributed by atoms with Crippen molar-refractivity contribution >= 4 is 18.3 Å². The Kier molecular flexibility index (Phi) is 7.59. The first-order valence-electron chi connectivity index (χ1n) is 7.41. The van der Waals surface area contributed by atoms with Gasteiger partial charge in [-0.25, -0.2) is 0 Å². The van der Waals surface area contributed by atoms with Gasteiger partial charge in [-0.2, -0.15) is 0 Å². The summed E-state index contributed by atoms with van der Waals surface area (Å²) in [6.07, 6.45) is 0. The number of hydrogen-bond donors (Lipinski definition) is 1. The summed E-state index contributed by atoms with van der Waals surface area (Å²) >= 11 is 0. The van der Waals surface area contributed by atoms with Crippen LogP contribution >= 0.6 is 12.4 Å². The molecule has 0 saturated carbocycles. The number of carbonyl (C=O) groups is 1. The van der Waals surface area contributed by atoms with Gasteiger partial charge in [-0.05, 0) is 30.7 Å². The van der Waals surface area contributed by atoms with Gasteiger partial charge in [-0.3, -0.25) is 4.79 Å². The summed E-state index contributed by atoms with van der Waals surface area (Å²) in [4.78, 5) is 14.2. The van der Waals surface area contributed by atoms with E-state index in [0.29, 0.717) is 25.3 Å². The molecular formula is C18H23ClN2O2. The van der Waals surface area contributed by atoms with Gasteiger partial charge < -0.3 is 15.4 Å². The highest BCUT2D eigenvalue weighted by Gasteiger charge is 2.14. The van der Waals surface area contributed by atoms with E-state index in [2.05, 4.69) is 0 Å². The lowest BCUT2D eigenvalue weighted by Crippen LogP contribution is -2.26. The first-order chi connectivity index (χ1) is 10.7. The third-order valence-electron chi connectivity index (χ3n) is 3.46. The monoisotopic (exact) mass is 334 g/mol. The number of ether oxygens (including phenoxy) is 1. The molecule has 5 heteroatoms. The summed E-state index contributed by atoms with van der Waals surface area (Å²) in [5.41, 5.74) is 8.25. The Morgan fingerprint density at radius 1 is 1.13 bits per heavy atom. The van der Waals surface area contributed by atoms with Crippen LogP contribution in [0, 0.1) is 0 Å². The number of rotatable bonds is 6. The van der Waals surface area contributed by atoms with Gasteiger partial charge in [-0.15, -0.1) is 12.4 Å². The fourth-order valence-corrected chi connectivity index (χ4v) is 2.26. The molecule has 0 bridgehead atoms. The van der Waals surface area contributed by atoms with Gasteiger partial charge in [0.25, 0.3) is 5.91 Å². The Labute approximate surface area is 143 Å². The summed E-state index contributed by atoms with van der Waals surface area (Å²) in [6, 6.07) is 15.2. The summed E-state index contributed by atoms with van der Waals surface area (Å²) in [5.74, 6) is 0.804. The standard InChI is InChI=1S/C18H22N2O2.ClH/c1-3-22-17-7-5-4-6-16(17)13-20(2)18(21)15-10-8-14(12-19)9-11-15;/h4-11H,3,12-13,19H2,1-2H3;1H. The fourth-order valence-electron chi connectivity index (χ4n) is 2.26. The highest BCUT2D eigenvalue weighted by Crippen LogP contribution is 2.20. The molecule has 124 valence electrons.